The van der Waals surface area contributed by atoms with Gasteiger partial charge >= 0.3 is 18.0 Å². The van der Waals surface area contributed by atoms with Gasteiger partial charge in [-0.3, -0.25) is 4.79 Å². The molecule has 2 aliphatic heterocycles. The maximum absolute atomic E-state index is 13.5. The summed E-state index contributed by atoms with van der Waals surface area (Å²) in [7, 11) is 0. The average molecular weight is 550 g/mol. The van der Waals surface area contributed by atoms with Crippen molar-refractivity contribution in [3.05, 3.63) is 56.9 Å². The summed E-state index contributed by atoms with van der Waals surface area (Å²) in [5.41, 5.74) is 4.39. The lowest BCUT2D eigenvalue weighted by Gasteiger charge is -2.24. The standard InChI is InChI=1S/C29H31N3O8/c1-5-16-17-10-15(40-29(37)31-22(27(34)35)9-14(3)4)7-8-21(17)30-24-19(16)12-32-23(24)11-18-20(26(32)33)13-39-28(36)25(18)38-6-2/h7-8,10-11,14,22,25H,5-6,9,12-13H2,1-4H3,(H,31,37)(H,34,35)/t22?,25-/m0/s1. The predicted molar refractivity (Wildman–Crippen MR) is 144 cm³/mol. The topological polar surface area (TPSA) is 146 Å². The summed E-state index contributed by atoms with van der Waals surface area (Å²) >= 11 is 0. The van der Waals surface area contributed by atoms with Crippen LogP contribution in [0.3, 0.4) is 0 Å². The second kappa shape index (κ2) is 10.7. The number of benzene rings is 1. The fourth-order valence-corrected chi connectivity index (χ4v) is 5.44. The largest absolute Gasteiger partial charge is 0.480 e. The van der Waals surface area contributed by atoms with Crippen LogP contribution in [0.4, 0.5) is 4.79 Å². The molecule has 0 fully saturated rings. The Balaban J connectivity index is 1.52. The lowest BCUT2D eigenvalue weighted by atomic mass is 9.97. The molecule has 11 heteroatoms. The molecule has 0 bridgehead atoms. The number of nitrogens with zero attached hydrogens (tertiary/aromatic N) is 2. The van der Waals surface area contributed by atoms with Crippen molar-refractivity contribution < 1.29 is 33.7 Å². The predicted octanol–water partition coefficient (Wildman–Crippen LogP) is 3.71. The van der Waals surface area contributed by atoms with E-state index in [1.807, 2.05) is 20.8 Å². The molecule has 2 N–H and O–H groups in total. The van der Waals surface area contributed by atoms with E-state index in [-0.39, 0.29) is 36.9 Å². The maximum Gasteiger partial charge on any atom is 0.413 e. The van der Waals surface area contributed by atoms with Gasteiger partial charge in [-0.25, -0.2) is 19.4 Å². The third-order valence-corrected chi connectivity index (χ3v) is 7.22. The first-order valence-corrected chi connectivity index (χ1v) is 13.3. The van der Waals surface area contributed by atoms with E-state index in [0.717, 1.165) is 16.5 Å². The van der Waals surface area contributed by atoms with E-state index in [4.69, 9.17) is 19.2 Å². The van der Waals surface area contributed by atoms with Gasteiger partial charge in [-0.15, -0.1) is 0 Å². The fraction of sp³-hybridized carbons (Fsp3) is 0.414. The van der Waals surface area contributed by atoms with E-state index < -0.39 is 30.2 Å². The average Bonchev–Trinajstić information content (AvgIpc) is 3.27. The molecule has 1 unspecified atom stereocenters. The molecule has 0 saturated heterocycles. The van der Waals surface area contributed by atoms with Crippen molar-refractivity contribution >= 4 is 28.9 Å². The quantitative estimate of drug-likeness (QED) is 0.314. The van der Waals surface area contributed by atoms with Crippen LogP contribution in [-0.2, 0) is 38.6 Å². The van der Waals surface area contributed by atoms with E-state index in [1.165, 1.54) is 0 Å². The van der Waals surface area contributed by atoms with Crippen LogP contribution in [-0.4, -0.2) is 45.3 Å². The van der Waals surface area contributed by atoms with E-state index in [9.17, 15) is 24.3 Å². The molecular weight excluding hydrogens is 518 g/mol. The van der Waals surface area contributed by atoms with Gasteiger partial charge in [-0.2, -0.15) is 0 Å². The number of aromatic nitrogens is 2. The van der Waals surface area contributed by atoms with E-state index in [0.29, 0.717) is 41.0 Å². The third-order valence-electron chi connectivity index (χ3n) is 7.22. The molecule has 2 aromatic heterocycles. The monoisotopic (exact) mass is 549 g/mol. The molecule has 40 heavy (non-hydrogen) atoms. The molecule has 2 atom stereocenters. The summed E-state index contributed by atoms with van der Waals surface area (Å²) in [6.45, 7) is 7.99. The minimum Gasteiger partial charge on any atom is -0.480 e. The Morgan fingerprint density at radius 1 is 1.20 bits per heavy atom. The number of rotatable bonds is 8. The van der Waals surface area contributed by atoms with Gasteiger partial charge < -0.3 is 29.2 Å². The Bertz CT molecular complexity index is 1590. The number of ether oxygens (including phenoxy) is 3. The Morgan fingerprint density at radius 2 is 1.98 bits per heavy atom. The second-order valence-electron chi connectivity index (χ2n) is 10.3. The first-order chi connectivity index (χ1) is 19.1. The molecule has 2 aliphatic rings. The summed E-state index contributed by atoms with van der Waals surface area (Å²) in [6, 6.07) is 5.76. The molecule has 3 aromatic rings. The summed E-state index contributed by atoms with van der Waals surface area (Å²) < 4.78 is 17.9. The number of carbonyl (C=O) groups excluding carboxylic acids is 2. The number of amides is 1. The molecule has 1 amide bonds. The Labute approximate surface area is 230 Å². The van der Waals surface area contributed by atoms with Gasteiger partial charge in [0.1, 0.15) is 18.4 Å². The molecule has 0 radical (unpaired) electrons. The zero-order chi connectivity index (χ0) is 28.7. The molecule has 5 rings (SSSR count). The number of nitrogens with one attached hydrogen (secondary N) is 1. The third kappa shape index (κ3) is 4.81. The Hall–Kier alpha value is -4.25. The van der Waals surface area contributed by atoms with Crippen LogP contribution in [0.25, 0.3) is 22.3 Å². The minimum absolute atomic E-state index is 0.0719. The van der Waals surface area contributed by atoms with Crippen LogP contribution in [0, 0.1) is 5.92 Å². The van der Waals surface area contributed by atoms with Gasteiger partial charge in [0.2, 0.25) is 0 Å². The normalized spacial score (nSPS) is 16.2. The number of hydrogen-bond donors (Lipinski definition) is 2. The molecule has 0 saturated carbocycles. The highest BCUT2D eigenvalue weighted by molar-refractivity contribution is 5.90. The number of pyridine rings is 2. The summed E-state index contributed by atoms with van der Waals surface area (Å²) in [6.07, 6.45) is -0.926. The van der Waals surface area contributed by atoms with Crippen LogP contribution in [0.15, 0.2) is 29.1 Å². The van der Waals surface area contributed by atoms with Gasteiger partial charge in [0.15, 0.2) is 6.10 Å². The van der Waals surface area contributed by atoms with Crippen molar-refractivity contribution in [3.8, 4) is 17.1 Å². The van der Waals surface area contributed by atoms with Gasteiger partial charge in [0, 0.05) is 23.1 Å². The van der Waals surface area contributed by atoms with Gasteiger partial charge in [0.05, 0.1) is 29.0 Å². The highest BCUT2D eigenvalue weighted by atomic mass is 16.6. The molecule has 11 nitrogen and oxygen atoms in total. The number of hydrogen-bond acceptors (Lipinski definition) is 8. The van der Waals surface area contributed by atoms with Crippen LogP contribution in [0.5, 0.6) is 5.75 Å². The van der Waals surface area contributed by atoms with Gasteiger partial charge in [-0.1, -0.05) is 20.8 Å². The van der Waals surface area contributed by atoms with Crippen molar-refractivity contribution in [1.82, 2.24) is 14.9 Å². The van der Waals surface area contributed by atoms with Crippen molar-refractivity contribution in [2.75, 3.05) is 6.61 Å². The van der Waals surface area contributed by atoms with Crippen molar-refractivity contribution in [1.29, 1.82) is 0 Å². The van der Waals surface area contributed by atoms with Crippen molar-refractivity contribution in [2.24, 2.45) is 5.92 Å². The van der Waals surface area contributed by atoms with Gasteiger partial charge in [-0.05, 0) is 55.5 Å². The lowest BCUT2D eigenvalue weighted by Crippen LogP contribution is -2.43. The van der Waals surface area contributed by atoms with Crippen LogP contribution in [0.2, 0.25) is 0 Å². The number of carboxylic acids is 1. The number of cyclic esters (lactones) is 1. The van der Waals surface area contributed by atoms with E-state index in [1.54, 1.807) is 35.8 Å². The smallest absolute Gasteiger partial charge is 0.413 e. The number of aliphatic carboxylic acids is 1. The minimum atomic E-state index is -1.13. The molecule has 4 heterocycles. The molecule has 210 valence electrons. The zero-order valence-electron chi connectivity index (χ0n) is 22.8. The number of aryl methyl sites for hydroxylation is 1. The SMILES string of the molecule is CCO[C@@H]1C(=O)OCc2c1cc1n(c2=O)Cc2c-1nc1ccc(OC(=O)NC(CC(C)C)C(=O)O)cc1c2CC. The molecule has 1 aromatic carbocycles. The van der Waals surface area contributed by atoms with Gasteiger partial charge in [0.25, 0.3) is 5.56 Å². The number of fused-ring (bicyclic) bond motifs is 5. The maximum atomic E-state index is 13.5. The second-order valence-corrected chi connectivity index (χ2v) is 10.3. The first-order valence-electron chi connectivity index (χ1n) is 13.3. The summed E-state index contributed by atoms with van der Waals surface area (Å²) in [4.78, 5) is 54.8. The van der Waals surface area contributed by atoms with Crippen LogP contribution >= 0.6 is 0 Å². The van der Waals surface area contributed by atoms with Crippen molar-refractivity contribution in [3.63, 3.8) is 0 Å². The lowest BCUT2D eigenvalue weighted by molar-refractivity contribution is -0.161. The highest BCUT2D eigenvalue weighted by Crippen LogP contribution is 2.39. The van der Waals surface area contributed by atoms with E-state index in [2.05, 4.69) is 5.32 Å². The summed E-state index contributed by atoms with van der Waals surface area (Å²) in [5.74, 6) is -1.33. The first kappa shape index (κ1) is 27.3. The Kier molecular flexibility index (Phi) is 7.33. The number of carbonyl (C=O) groups is 3. The zero-order valence-corrected chi connectivity index (χ0v) is 22.8. The van der Waals surface area contributed by atoms with E-state index >= 15 is 0 Å². The van der Waals surface area contributed by atoms with Crippen molar-refractivity contribution in [2.45, 2.75) is 65.8 Å². The molecular formula is C29H31N3O8. The highest BCUT2D eigenvalue weighted by Gasteiger charge is 2.36. The molecule has 0 aliphatic carbocycles. The Morgan fingerprint density at radius 3 is 2.65 bits per heavy atom. The summed E-state index contributed by atoms with van der Waals surface area (Å²) in [5, 5.41) is 12.6. The van der Waals surface area contributed by atoms with Crippen LogP contribution in [0.1, 0.15) is 62.5 Å². The van der Waals surface area contributed by atoms with Crippen LogP contribution < -0.4 is 15.6 Å². The fourth-order valence-electron chi connectivity index (χ4n) is 5.44. The molecule has 0 spiro atoms. The number of carboxylic acid groups (broad SMARTS) is 1. The number of esters is 1.